The number of benzene rings is 1. The Morgan fingerprint density at radius 3 is 2.22 bits per heavy atom. The Balaban J connectivity index is 3.00. The van der Waals surface area contributed by atoms with Gasteiger partial charge in [-0.3, -0.25) is 0 Å². The number of nitrogens with zero attached hydrogens (tertiary/aromatic N) is 1. The van der Waals surface area contributed by atoms with E-state index in [0.717, 1.165) is 0 Å². The summed E-state index contributed by atoms with van der Waals surface area (Å²) in [6, 6.07) is 3.36. The molecule has 0 bridgehead atoms. The number of halogens is 1. The monoisotopic (exact) mass is 289 g/mol. The van der Waals surface area contributed by atoms with Gasteiger partial charge in [-0.15, -0.1) is 0 Å². The third-order valence-corrected chi connectivity index (χ3v) is 4.05. The van der Waals surface area contributed by atoms with E-state index in [9.17, 15) is 8.42 Å². The zero-order valence-electron chi connectivity index (χ0n) is 10.1. The average Bonchev–Trinajstić information content (AvgIpc) is 2.66. The summed E-state index contributed by atoms with van der Waals surface area (Å²) < 4.78 is 35.2. The Morgan fingerprint density at radius 1 is 1.17 bits per heavy atom. The van der Waals surface area contributed by atoms with Crippen molar-refractivity contribution < 1.29 is 17.9 Å². The number of ether oxygens (including phenoxy) is 2. The molecule has 7 heteroatoms. The van der Waals surface area contributed by atoms with Gasteiger partial charge in [-0.1, -0.05) is 0 Å². The lowest BCUT2D eigenvalue weighted by molar-refractivity contribution is 0.409. The second kappa shape index (κ2) is 4.37. The lowest BCUT2D eigenvalue weighted by Crippen LogP contribution is -1.93. The van der Waals surface area contributed by atoms with Crippen molar-refractivity contribution in [3.63, 3.8) is 0 Å². The Morgan fingerprint density at radius 2 is 1.72 bits per heavy atom. The lowest BCUT2D eigenvalue weighted by Gasteiger charge is -2.08. The van der Waals surface area contributed by atoms with Gasteiger partial charge < -0.3 is 14.0 Å². The molecule has 0 atom stereocenters. The maximum absolute atomic E-state index is 11.6. The standard InChI is InChI=1S/C11H12ClNO4S/c1-13-6-9(18(12,14)15)10-7(16-2)4-5-8(17-3)11(10)13/h4-6H,1-3H3. The summed E-state index contributed by atoms with van der Waals surface area (Å²) in [4.78, 5) is 0.0115. The van der Waals surface area contributed by atoms with Gasteiger partial charge in [0.25, 0.3) is 9.05 Å². The highest BCUT2D eigenvalue weighted by atomic mass is 35.7. The normalized spacial score (nSPS) is 11.8. The highest BCUT2D eigenvalue weighted by Gasteiger charge is 2.23. The van der Waals surface area contributed by atoms with E-state index in [1.165, 1.54) is 20.4 Å². The number of aryl methyl sites for hydroxylation is 1. The van der Waals surface area contributed by atoms with Crippen LogP contribution in [0.1, 0.15) is 0 Å². The molecule has 0 unspecified atom stereocenters. The molecular weight excluding hydrogens is 278 g/mol. The number of hydrogen-bond acceptors (Lipinski definition) is 4. The number of hydrogen-bond donors (Lipinski definition) is 0. The maximum Gasteiger partial charge on any atom is 0.263 e. The minimum absolute atomic E-state index is 0.0115. The summed E-state index contributed by atoms with van der Waals surface area (Å²) in [7, 11) is 6.29. The molecule has 1 aromatic carbocycles. The largest absolute Gasteiger partial charge is 0.496 e. The molecule has 98 valence electrons. The Kier molecular flexibility index (Phi) is 3.16. The molecule has 0 saturated carbocycles. The molecule has 5 nitrogen and oxygen atoms in total. The number of methoxy groups -OCH3 is 2. The molecule has 1 heterocycles. The van der Waals surface area contributed by atoms with Crippen LogP contribution in [0.5, 0.6) is 11.5 Å². The van der Waals surface area contributed by atoms with Gasteiger partial charge in [0.15, 0.2) is 0 Å². The lowest BCUT2D eigenvalue weighted by atomic mass is 10.2. The molecule has 0 saturated heterocycles. The predicted molar refractivity (Wildman–Crippen MR) is 69.1 cm³/mol. The summed E-state index contributed by atoms with van der Waals surface area (Å²) in [5.74, 6) is 0.991. The van der Waals surface area contributed by atoms with E-state index in [-0.39, 0.29) is 4.90 Å². The van der Waals surface area contributed by atoms with E-state index in [0.29, 0.717) is 22.4 Å². The molecule has 1 aromatic heterocycles. The van der Waals surface area contributed by atoms with E-state index in [2.05, 4.69) is 0 Å². The fourth-order valence-electron chi connectivity index (χ4n) is 1.97. The van der Waals surface area contributed by atoms with E-state index >= 15 is 0 Å². The van der Waals surface area contributed by atoms with Crippen LogP contribution in [0.25, 0.3) is 10.9 Å². The van der Waals surface area contributed by atoms with E-state index in [4.69, 9.17) is 20.2 Å². The molecule has 18 heavy (non-hydrogen) atoms. The van der Waals surface area contributed by atoms with Crippen molar-refractivity contribution in [3.05, 3.63) is 18.3 Å². The van der Waals surface area contributed by atoms with Crippen molar-refractivity contribution in [1.29, 1.82) is 0 Å². The third-order valence-electron chi connectivity index (χ3n) is 2.72. The van der Waals surface area contributed by atoms with E-state index in [1.54, 1.807) is 23.7 Å². The SMILES string of the molecule is COc1ccc(OC)c2c1c(S(=O)(=O)Cl)cn2C. The highest BCUT2D eigenvalue weighted by molar-refractivity contribution is 8.14. The molecule has 0 radical (unpaired) electrons. The quantitative estimate of drug-likeness (QED) is 0.812. The summed E-state index contributed by atoms with van der Waals surface area (Å²) in [5.41, 5.74) is 0.621. The Hall–Kier alpha value is -1.40. The second-order valence-electron chi connectivity index (χ2n) is 3.74. The van der Waals surface area contributed by atoms with Gasteiger partial charge in [0.05, 0.1) is 25.1 Å². The Labute approximate surface area is 109 Å². The first-order valence-corrected chi connectivity index (χ1v) is 7.35. The van der Waals surface area contributed by atoms with Crippen molar-refractivity contribution >= 4 is 30.6 Å². The highest BCUT2D eigenvalue weighted by Crippen LogP contribution is 2.39. The topological polar surface area (TPSA) is 57.5 Å². The van der Waals surface area contributed by atoms with Crippen molar-refractivity contribution in [2.24, 2.45) is 7.05 Å². The Bertz CT molecular complexity index is 705. The first kappa shape index (κ1) is 13.0. The fourth-order valence-corrected chi connectivity index (χ4v) is 3.04. The van der Waals surface area contributed by atoms with Crippen molar-refractivity contribution in [1.82, 2.24) is 4.57 Å². The van der Waals surface area contributed by atoms with Crippen molar-refractivity contribution in [2.45, 2.75) is 4.90 Å². The van der Waals surface area contributed by atoms with Gasteiger partial charge in [-0.05, 0) is 12.1 Å². The number of fused-ring (bicyclic) bond motifs is 1. The van der Waals surface area contributed by atoms with Crippen LogP contribution in [0.15, 0.2) is 23.2 Å². The zero-order valence-corrected chi connectivity index (χ0v) is 11.7. The van der Waals surface area contributed by atoms with Crippen LogP contribution in [0.4, 0.5) is 0 Å². The summed E-state index contributed by atoms with van der Waals surface area (Å²) in [5, 5.41) is 0.425. The minimum atomic E-state index is -3.85. The van der Waals surface area contributed by atoms with Crippen LogP contribution >= 0.6 is 10.7 Å². The van der Waals surface area contributed by atoms with Crippen LogP contribution in [0.2, 0.25) is 0 Å². The summed E-state index contributed by atoms with van der Waals surface area (Å²) in [6.07, 6.45) is 1.44. The van der Waals surface area contributed by atoms with Crippen molar-refractivity contribution in [3.8, 4) is 11.5 Å². The van der Waals surface area contributed by atoms with E-state index < -0.39 is 9.05 Å². The molecular formula is C11H12ClNO4S. The van der Waals surface area contributed by atoms with Gasteiger partial charge in [0.2, 0.25) is 0 Å². The molecule has 2 rings (SSSR count). The van der Waals surface area contributed by atoms with Crippen LogP contribution in [-0.2, 0) is 16.1 Å². The smallest absolute Gasteiger partial charge is 0.263 e. The summed E-state index contributed by atoms with van der Waals surface area (Å²) in [6.45, 7) is 0. The predicted octanol–water partition coefficient (Wildman–Crippen LogP) is 2.12. The first-order valence-electron chi connectivity index (χ1n) is 5.04. The van der Waals surface area contributed by atoms with Crippen LogP contribution in [-0.4, -0.2) is 27.2 Å². The summed E-state index contributed by atoms with van der Waals surface area (Å²) >= 11 is 0. The van der Waals surface area contributed by atoms with Gasteiger partial charge in [0, 0.05) is 23.9 Å². The van der Waals surface area contributed by atoms with Gasteiger partial charge in [-0.2, -0.15) is 0 Å². The van der Waals surface area contributed by atoms with E-state index in [1.807, 2.05) is 0 Å². The van der Waals surface area contributed by atoms with Gasteiger partial charge >= 0.3 is 0 Å². The molecule has 0 fully saturated rings. The number of aromatic nitrogens is 1. The average molecular weight is 290 g/mol. The van der Waals surface area contributed by atoms with Crippen LogP contribution < -0.4 is 9.47 Å². The van der Waals surface area contributed by atoms with Crippen LogP contribution in [0.3, 0.4) is 0 Å². The molecule has 0 aliphatic carbocycles. The molecule has 0 spiro atoms. The molecule has 2 aromatic rings. The zero-order chi connectivity index (χ0) is 13.5. The molecule has 0 amide bonds. The molecule has 0 aliphatic heterocycles. The van der Waals surface area contributed by atoms with Crippen molar-refractivity contribution in [2.75, 3.05) is 14.2 Å². The van der Waals surface area contributed by atoms with Gasteiger partial charge in [0.1, 0.15) is 16.4 Å². The minimum Gasteiger partial charge on any atom is -0.496 e. The second-order valence-corrected chi connectivity index (χ2v) is 6.27. The molecule has 0 N–H and O–H groups in total. The number of rotatable bonds is 3. The third kappa shape index (κ3) is 1.91. The first-order chi connectivity index (χ1) is 8.40. The van der Waals surface area contributed by atoms with Crippen LogP contribution in [0, 0.1) is 0 Å². The van der Waals surface area contributed by atoms with Gasteiger partial charge in [-0.25, -0.2) is 8.42 Å². The fraction of sp³-hybridized carbons (Fsp3) is 0.273. The maximum atomic E-state index is 11.6. The molecule has 0 aliphatic rings.